The van der Waals surface area contributed by atoms with Crippen LogP contribution >= 0.6 is 0 Å². The molecule has 0 unspecified atom stereocenters. The number of nitrogens with one attached hydrogen (secondary N) is 3. The number of aliphatic imine (C=N–C) groups is 1. The molecule has 5 nitrogen and oxygen atoms in total. The monoisotopic (exact) mass is 324 g/mol. The van der Waals surface area contributed by atoms with Gasteiger partial charge in [0.1, 0.15) is 0 Å². The minimum atomic E-state index is -0.497. The first-order chi connectivity index (χ1) is 10.7. The van der Waals surface area contributed by atoms with Crippen molar-refractivity contribution in [2.75, 3.05) is 26.7 Å². The van der Waals surface area contributed by atoms with E-state index in [9.17, 15) is 4.79 Å². The summed E-state index contributed by atoms with van der Waals surface area (Å²) in [6.07, 6.45) is 5.22. The second-order valence-electron chi connectivity index (χ2n) is 7.96. The first-order valence-electron chi connectivity index (χ1n) is 8.99. The van der Waals surface area contributed by atoms with Gasteiger partial charge in [-0.25, -0.2) is 0 Å². The molecule has 1 aliphatic rings. The number of guanidine groups is 1. The zero-order valence-corrected chi connectivity index (χ0v) is 15.9. The summed E-state index contributed by atoms with van der Waals surface area (Å²) >= 11 is 0. The predicted octanol–water partition coefficient (Wildman–Crippen LogP) is 2.53. The van der Waals surface area contributed by atoms with E-state index in [0.717, 1.165) is 25.0 Å². The van der Waals surface area contributed by atoms with E-state index >= 15 is 0 Å². The number of amides is 1. The minimum Gasteiger partial charge on any atom is -0.359 e. The fourth-order valence-corrected chi connectivity index (χ4v) is 3.30. The third-order valence-electron chi connectivity index (χ3n) is 4.70. The van der Waals surface area contributed by atoms with E-state index < -0.39 is 5.41 Å². The van der Waals surface area contributed by atoms with Gasteiger partial charge in [-0.15, -0.1) is 0 Å². The van der Waals surface area contributed by atoms with Crippen LogP contribution in [0.15, 0.2) is 4.99 Å². The summed E-state index contributed by atoms with van der Waals surface area (Å²) in [6.45, 7) is 12.8. The van der Waals surface area contributed by atoms with Crippen molar-refractivity contribution in [3.05, 3.63) is 0 Å². The summed E-state index contributed by atoms with van der Waals surface area (Å²) < 4.78 is 0. The number of hydrogen-bond acceptors (Lipinski definition) is 2. The van der Waals surface area contributed by atoms with Crippen LogP contribution in [0.5, 0.6) is 0 Å². The summed E-state index contributed by atoms with van der Waals surface area (Å²) in [7, 11) is 1.67. The lowest BCUT2D eigenvalue weighted by molar-refractivity contribution is -0.128. The van der Waals surface area contributed by atoms with E-state index in [-0.39, 0.29) is 5.91 Å². The van der Waals surface area contributed by atoms with Crippen molar-refractivity contribution in [1.29, 1.82) is 0 Å². The summed E-state index contributed by atoms with van der Waals surface area (Å²) in [4.78, 5) is 16.5. The molecule has 0 aromatic heterocycles. The van der Waals surface area contributed by atoms with Crippen molar-refractivity contribution < 1.29 is 4.79 Å². The van der Waals surface area contributed by atoms with Gasteiger partial charge in [0.05, 0.1) is 12.0 Å². The molecular weight excluding hydrogens is 288 g/mol. The molecular formula is C18H36N4O. The highest BCUT2D eigenvalue weighted by molar-refractivity contribution is 5.83. The largest absolute Gasteiger partial charge is 0.359 e. The van der Waals surface area contributed by atoms with Gasteiger partial charge in [-0.05, 0) is 51.4 Å². The number of rotatable bonds is 8. The van der Waals surface area contributed by atoms with Gasteiger partial charge in [-0.2, -0.15) is 0 Å². The molecule has 5 heteroatoms. The van der Waals surface area contributed by atoms with Crippen molar-refractivity contribution in [3.8, 4) is 0 Å². The molecule has 0 aliphatic heterocycles. The first kappa shape index (κ1) is 19.8. The number of carbonyl (C=O) groups excluding carboxylic acids is 1. The molecule has 0 saturated heterocycles. The Balaban J connectivity index is 2.64. The Hall–Kier alpha value is -1.26. The highest BCUT2D eigenvalue weighted by Crippen LogP contribution is 2.45. The van der Waals surface area contributed by atoms with Gasteiger partial charge >= 0.3 is 0 Å². The lowest BCUT2D eigenvalue weighted by Gasteiger charge is -2.43. The van der Waals surface area contributed by atoms with E-state index in [2.05, 4.69) is 41.7 Å². The fraction of sp³-hybridized carbons (Fsp3) is 0.889. The quantitative estimate of drug-likeness (QED) is 0.475. The predicted molar refractivity (Wildman–Crippen MR) is 97.6 cm³/mol. The third kappa shape index (κ3) is 6.04. The Morgan fingerprint density at radius 1 is 1.26 bits per heavy atom. The highest BCUT2D eigenvalue weighted by atomic mass is 16.2. The standard InChI is InChI=1S/C18H36N4O/c1-7-20-16(21-12-17(4,5)15(23)19-6)22-13-18(9-8-10-18)11-14(2)3/h14H,7-13H2,1-6H3,(H,19,23)(H2,20,21,22). The van der Waals surface area contributed by atoms with Crippen LogP contribution in [0.2, 0.25) is 0 Å². The molecule has 134 valence electrons. The second kappa shape index (κ2) is 8.55. The SMILES string of the molecule is CCNC(=NCC(C)(C)C(=O)NC)NCC1(CC(C)C)CCC1. The van der Waals surface area contributed by atoms with Crippen molar-refractivity contribution in [2.45, 2.75) is 60.3 Å². The van der Waals surface area contributed by atoms with Crippen molar-refractivity contribution in [1.82, 2.24) is 16.0 Å². The molecule has 0 spiro atoms. The molecule has 1 aliphatic carbocycles. The van der Waals surface area contributed by atoms with Gasteiger partial charge in [0.15, 0.2) is 5.96 Å². The van der Waals surface area contributed by atoms with Gasteiger partial charge < -0.3 is 16.0 Å². The molecule has 0 heterocycles. The maximum Gasteiger partial charge on any atom is 0.227 e. The third-order valence-corrected chi connectivity index (χ3v) is 4.70. The van der Waals surface area contributed by atoms with Crippen LogP contribution in [0.4, 0.5) is 0 Å². The van der Waals surface area contributed by atoms with E-state index in [1.807, 2.05) is 13.8 Å². The van der Waals surface area contributed by atoms with Crippen LogP contribution in [-0.4, -0.2) is 38.5 Å². The number of carbonyl (C=O) groups is 1. The first-order valence-corrected chi connectivity index (χ1v) is 8.99. The molecule has 0 aromatic carbocycles. The lowest BCUT2D eigenvalue weighted by atomic mass is 9.64. The van der Waals surface area contributed by atoms with Gasteiger partial charge in [-0.1, -0.05) is 20.3 Å². The number of hydrogen-bond donors (Lipinski definition) is 3. The highest BCUT2D eigenvalue weighted by Gasteiger charge is 2.37. The Bertz CT molecular complexity index is 411. The van der Waals surface area contributed by atoms with Crippen LogP contribution in [0.25, 0.3) is 0 Å². The smallest absolute Gasteiger partial charge is 0.227 e. The molecule has 3 N–H and O–H groups in total. The Kier molecular flexibility index (Phi) is 7.36. The van der Waals surface area contributed by atoms with Crippen molar-refractivity contribution in [2.24, 2.45) is 21.7 Å². The molecule has 0 aromatic rings. The average Bonchev–Trinajstić information content (AvgIpc) is 2.45. The van der Waals surface area contributed by atoms with Crippen LogP contribution in [0, 0.1) is 16.7 Å². The lowest BCUT2D eigenvalue weighted by Crippen LogP contribution is -2.47. The Morgan fingerprint density at radius 3 is 2.35 bits per heavy atom. The van der Waals surface area contributed by atoms with E-state index in [1.165, 1.54) is 25.7 Å². The van der Waals surface area contributed by atoms with Crippen molar-refractivity contribution in [3.63, 3.8) is 0 Å². The van der Waals surface area contributed by atoms with Crippen LogP contribution in [0.1, 0.15) is 60.3 Å². The maximum absolute atomic E-state index is 11.9. The summed E-state index contributed by atoms with van der Waals surface area (Å²) in [6, 6.07) is 0. The summed E-state index contributed by atoms with van der Waals surface area (Å²) in [5.41, 5.74) is -0.0656. The van der Waals surface area contributed by atoms with Gasteiger partial charge in [0.2, 0.25) is 5.91 Å². The number of nitrogens with zero attached hydrogens (tertiary/aromatic N) is 1. The van der Waals surface area contributed by atoms with E-state index in [1.54, 1.807) is 7.05 Å². The molecule has 23 heavy (non-hydrogen) atoms. The fourth-order valence-electron chi connectivity index (χ4n) is 3.30. The minimum absolute atomic E-state index is 0.0207. The summed E-state index contributed by atoms with van der Waals surface area (Å²) in [5, 5.41) is 9.51. The molecule has 1 amide bonds. The topological polar surface area (TPSA) is 65.5 Å². The van der Waals surface area contributed by atoms with Crippen molar-refractivity contribution >= 4 is 11.9 Å². The molecule has 1 fully saturated rings. The molecule has 0 radical (unpaired) electrons. The zero-order valence-electron chi connectivity index (χ0n) is 15.9. The zero-order chi connectivity index (χ0) is 17.5. The second-order valence-corrected chi connectivity index (χ2v) is 7.96. The van der Waals surface area contributed by atoms with Gasteiger partial charge in [0.25, 0.3) is 0 Å². The Labute approximate surface area is 142 Å². The van der Waals surface area contributed by atoms with Gasteiger partial charge in [-0.3, -0.25) is 9.79 Å². The summed E-state index contributed by atoms with van der Waals surface area (Å²) in [5.74, 6) is 1.57. The van der Waals surface area contributed by atoms with Crippen LogP contribution < -0.4 is 16.0 Å². The molecule has 0 atom stereocenters. The average molecular weight is 325 g/mol. The van der Waals surface area contributed by atoms with Crippen LogP contribution in [-0.2, 0) is 4.79 Å². The van der Waals surface area contributed by atoms with Crippen LogP contribution in [0.3, 0.4) is 0 Å². The van der Waals surface area contributed by atoms with E-state index in [0.29, 0.717) is 12.0 Å². The Morgan fingerprint density at radius 2 is 1.91 bits per heavy atom. The maximum atomic E-state index is 11.9. The molecule has 1 saturated carbocycles. The van der Waals surface area contributed by atoms with Gasteiger partial charge in [0, 0.05) is 20.1 Å². The molecule has 0 bridgehead atoms. The normalized spacial score (nSPS) is 17.6. The van der Waals surface area contributed by atoms with E-state index in [4.69, 9.17) is 0 Å². The molecule has 1 rings (SSSR count).